The number of nitrogens with one attached hydrogen (secondary N) is 1. The summed E-state index contributed by atoms with van der Waals surface area (Å²) in [5.74, 6) is -0.264. The fourth-order valence-electron chi connectivity index (χ4n) is 4.41. The van der Waals surface area contributed by atoms with Gasteiger partial charge >= 0.3 is 5.97 Å². The van der Waals surface area contributed by atoms with Gasteiger partial charge in [-0.2, -0.15) is 0 Å². The summed E-state index contributed by atoms with van der Waals surface area (Å²) in [7, 11) is 3.15. The zero-order chi connectivity index (χ0) is 22.2. The number of ether oxygens (including phenoxy) is 3. The number of allylic oxidation sites excluding steroid dienone is 3. The van der Waals surface area contributed by atoms with Crippen molar-refractivity contribution in [3.8, 4) is 11.5 Å². The van der Waals surface area contributed by atoms with Gasteiger partial charge in [-0.1, -0.05) is 19.9 Å². The van der Waals surface area contributed by atoms with E-state index in [-0.39, 0.29) is 17.8 Å². The van der Waals surface area contributed by atoms with Crippen molar-refractivity contribution in [2.75, 3.05) is 20.8 Å². The average Bonchev–Trinajstić information content (AvgIpc) is 2.65. The first-order valence-electron chi connectivity index (χ1n) is 9.95. The summed E-state index contributed by atoms with van der Waals surface area (Å²) in [6, 6.07) is 3.63. The predicted molar refractivity (Wildman–Crippen MR) is 117 cm³/mol. The minimum atomic E-state index is -0.544. The highest BCUT2D eigenvalue weighted by Gasteiger charge is 2.47. The molecule has 0 saturated heterocycles. The van der Waals surface area contributed by atoms with Crippen molar-refractivity contribution in [1.82, 2.24) is 5.32 Å². The third-order valence-electron chi connectivity index (χ3n) is 5.57. The second-order valence-corrected chi connectivity index (χ2v) is 9.15. The van der Waals surface area contributed by atoms with Gasteiger partial charge in [0.1, 0.15) is 17.3 Å². The van der Waals surface area contributed by atoms with Gasteiger partial charge in [0.05, 0.1) is 36.8 Å². The molecule has 1 aliphatic carbocycles. The zero-order valence-corrected chi connectivity index (χ0v) is 19.8. The summed E-state index contributed by atoms with van der Waals surface area (Å²) in [6.45, 7) is 7.92. The molecule has 6 nitrogen and oxygen atoms in total. The molecule has 0 saturated carbocycles. The molecular formula is C23H28BrNO5. The normalized spacial score (nSPS) is 22.6. The van der Waals surface area contributed by atoms with E-state index >= 15 is 0 Å². The predicted octanol–water partition coefficient (Wildman–Crippen LogP) is 4.49. The fourth-order valence-corrected chi connectivity index (χ4v) is 4.89. The number of carbonyl (C=O) groups excluding carboxylic acids is 2. The standard InChI is InChI=1S/C23H28BrNO5/c1-7-30-22(27)19-12(2)25-15-10-23(3,4)11-16(26)21(15)20(19)13-8-18(29-6)14(24)9-17(13)28-5/h8-10,20-21,25H,7,11H2,1-6H3. The highest BCUT2D eigenvalue weighted by molar-refractivity contribution is 9.10. The first-order chi connectivity index (χ1) is 14.1. The molecule has 0 fully saturated rings. The molecule has 0 aromatic heterocycles. The minimum Gasteiger partial charge on any atom is -0.496 e. The quantitative estimate of drug-likeness (QED) is 0.629. The molecular weight excluding hydrogens is 450 g/mol. The maximum Gasteiger partial charge on any atom is 0.336 e. The minimum absolute atomic E-state index is 0.0771. The smallest absolute Gasteiger partial charge is 0.336 e. The number of ketones is 1. The molecule has 30 heavy (non-hydrogen) atoms. The lowest BCUT2D eigenvalue weighted by molar-refractivity contribution is -0.139. The molecule has 3 rings (SSSR count). The molecule has 2 aliphatic rings. The second-order valence-electron chi connectivity index (χ2n) is 8.30. The number of hydrogen-bond acceptors (Lipinski definition) is 6. The van der Waals surface area contributed by atoms with E-state index in [0.717, 1.165) is 10.2 Å². The van der Waals surface area contributed by atoms with Gasteiger partial charge in [-0.25, -0.2) is 4.79 Å². The van der Waals surface area contributed by atoms with E-state index in [0.29, 0.717) is 34.8 Å². The Labute approximate surface area is 185 Å². The van der Waals surface area contributed by atoms with Gasteiger partial charge in [-0.3, -0.25) is 4.79 Å². The molecule has 7 heteroatoms. The summed E-state index contributed by atoms with van der Waals surface area (Å²) in [5, 5.41) is 3.31. The van der Waals surface area contributed by atoms with E-state index in [1.165, 1.54) is 0 Å². The first-order valence-corrected chi connectivity index (χ1v) is 10.7. The Balaban J connectivity index is 2.30. The molecule has 1 aliphatic heterocycles. The number of benzene rings is 1. The summed E-state index contributed by atoms with van der Waals surface area (Å²) in [6.07, 6.45) is 2.49. The van der Waals surface area contributed by atoms with Crippen LogP contribution >= 0.6 is 15.9 Å². The van der Waals surface area contributed by atoms with Gasteiger partial charge in [-0.05, 0) is 47.3 Å². The maximum absolute atomic E-state index is 13.3. The highest BCUT2D eigenvalue weighted by atomic mass is 79.9. The zero-order valence-electron chi connectivity index (χ0n) is 18.2. The van der Waals surface area contributed by atoms with Crippen LogP contribution in [0.15, 0.2) is 39.6 Å². The van der Waals surface area contributed by atoms with Crippen LogP contribution in [0.3, 0.4) is 0 Å². The molecule has 0 amide bonds. The van der Waals surface area contributed by atoms with E-state index in [2.05, 4.69) is 27.3 Å². The van der Waals surface area contributed by atoms with Crippen molar-refractivity contribution >= 4 is 27.7 Å². The SMILES string of the molecule is CCOC(=O)C1=C(C)NC2=CC(C)(C)CC(=O)C2C1c1cc(OC)c(Br)cc1OC. The Bertz CT molecular complexity index is 947. The number of hydrogen-bond donors (Lipinski definition) is 1. The van der Waals surface area contributed by atoms with Gasteiger partial charge in [0.2, 0.25) is 0 Å². The summed E-state index contributed by atoms with van der Waals surface area (Å²) in [4.78, 5) is 26.3. The lowest BCUT2D eigenvalue weighted by Crippen LogP contribution is -2.43. The van der Waals surface area contributed by atoms with Crippen LogP contribution in [0.5, 0.6) is 11.5 Å². The van der Waals surface area contributed by atoms with Crippen LogP contribution in [-0.4, -0.2) is 32.6 Å². The summed E-state index contributed by atoms with van der Waals surface area (Å²) in [5.41, 5.74) is 2.38. The maximum atomic E-state index is 13.3. The van der Waals surface area contributed by atoms with Crippen LogP contribution in [0.25, 0.3) is 0 Å². The van der Waals surface area contributed by atoms with Crippen molar-refractivity contribution in [3.63, 3.8) is 0 Å². The van der Waals surface area contributed by atoms with E-state index in [1.54, 1.807) is 27.2 Å². The molecule has 0 bridgehead atoms. The molecule has 0 spiro atoms. The van der Waals surface area contributed by atoms with Gasteiger partial charge in [0.25, 0.3) is 0 Å². The molecule has 162 valence electrons. The highest BCUT2D eigenvalue weighted by Crippen LogP contribution is 2.50. The fraction of sp³-hybridized carbons (Fsp3) is 0.478. The second kappa shape index (κ2) is 8.46. The van der Waals surface area contributed by atoms with E-state index < -0.39 is 17.8 Å². The van der Waals surface area contributed by atoms with E-state index in [1.807, 2.05) is 26.8 Å². The topological polar surface area (TPSA) is 73.9 Å². The van der Waals surface area contributed by atoms with E-state index in [4.69, 9.17) is 14.2 Å². The Kier molecular flexibility index (Phi) is 6.32. The van der Waals surface area contributed by atoms with Crippen LogP contribution in [0, 0.1) is 11.3 Å². The number of fused-ring (bicyclic) bond motifs is 1. The van der Waals surface area contributed by atoms with Crippen molar-refractivity contribution in [3.05, 3.63) is 45.2 Å². The largest absolute Gasteiger partial charge is 0.496 e. The summed E-state index contributed by atoms with van der Waals surface area (Å²) < 4.78 is 17.2. The van der Waals surface area contributed by atoms with Crippen LogP contribution < -0.4 is 14.8 Å². The van der Waals surface area contributed by atoms with Crippen LogP contribution in [-0.2, 0) is 14.3 Å². The number of carbonyl (C=O) groups is 2. The molecule has 1 N–H and O–H groups in total. The Morgan fingerprint density at radius 1 is 1.20 bits per heavy atom. The van der Waals surface area contributed by atoms with Gasteiger partial charge in [-0.15, -0.1) is 0 Å². The molecule has 1 aromatic carbocycles. The number of esters is 1. The van der Waals surface area contributed by atoms with Crippen molar-refractivity contribution in [2.45, 2.75) is 40.0 Å². The van der Waals surface area contributed by atoms with Gasteiger partial charge in [0, 0.05) is 29.3 Å². The van der Waals surface area contributed by atoms with E-state index in [9.17, 15) is 9.59 Å². The molecule has 2 unspecified atom stereocenters. The molecule has 1 aromatic rings. The monoisotopic (exact) mass is 477 g/mol. The Morgan fingerprint density at radius 2 is 1.87 bits per heavy atom. The van der Waals surface area contributed by atoms with Crippen molar-refractivity contribution in [1.29, 1.82) is 0 Å². The first kappa shape index (κ1) is 22.4. The lowest BCUT2D eigenvalue weighted by Gasteiger charge is -2.41. The third-order valence-corrected chi connectivity index (χ3v) is 6.19. The number of halogens is 1. The van der Waals surface area contributed by atoms with Gasteiger partial charge in [0.15, 0.2) is 0 Å². The van der Waals surface area contributed by atoms with Crippen LogP contribution in [0.4, 0.5) is 0 Å². The van der Waals surface area contributed by atoms with Gasteiger partial charge < -0.3 is 19.5 Å². The Morgan fingerprint density at radius 3 is 2.47 bits per heavy atom. The number of rotatable bonds is 5. The number of methoxy groups -OCH3 is 2. The average molecular weight is 478 g/mol. The van der Waals surface area contributed by atoms with Crippen molar-refractivity contribution in [2.24, 2.45) is 11.3 Å². The summed E-state index contributed by atoms with van der Waals surface area (Å²) >= 11 is 3.48. The number of Topliss-reactive ketones (excluding diaryl/α,β-unsaturated/α-hetero) is 1. The Hall–Kier alpha value is -2.28. The van der Waals surface area contributed by atoms with Crippen LogP contribution in [0.1, 0.15) is 45.6 Å². The van der Waals surface area contributed by atoms with Crippen molar-refractivity contribution < 1.29 is 23.8 Å². The third kappa shape index (κ3) is 4.00. The lowest BCUT2D eigenvalue weighted by atomic mass is 9.66. The van der Waals surface area contributed by atoms with Crippen LogP contribution in [0.2, 0.25) is 0 Å². The molecule has 1 heterocycles. The molecule has 0 radical (unpaired) electrons. The molecule has 2 atom stereocenters.